The monoisotopic (exact) mass is 591 g/mol. The maximum absolute atomic E-state index is 6.27. The Bertz CT molecular complexity index is 1140. The Morgan fingerprint density at radius 3 is 2.24 bits per heavy atom. The molecular weight excluding hydrogens is 558 g/mol. The zero-order valence-electron chi connectivity index (χ0n) is 22.3. The van der Waals surface area contributed by atoms with Gasteiger partial charge in [0.15, 0.2) is 12.4 Å². The Morgan fingerprint density at radius 1 is 1.00 bits per heavy atom. The van der Waals surface area contributed by atoms with E-state index < -0.39 is 18.5 Å². The fourth-order valence-electron chi connectivity index (χ4n) is 4.34. The van der Waals surface area contributed by atoms with Gasteiger partial charge in [0.1, 0.15) is 22.1 Å². The molecule has 0 spiro atoms. The zero-order valence-corrected chi connectivity index (χ0v) is 23.9. The number of morpholine rings is 1. The first-order valence-electron chi connectivity index (χ1n) is 12.5. The minimum absolute atomic E-state index is 0.291. The van der Waals surface area contributed by atoms with E-state index in [-0.39, 0.29) is 0 Å². The Morgan fingerprint density at radius 2 is 1.66 bits per heavy atom. The normalized spacial score (nSPS) is 16.2. The molecule has 0 saturated carbocycles. The van der Waals surface area contributed by atoms with E-state index in [1.54, 1.807) is 33.5 Å². The molecule has 1 aliphatic heterocycles. The Balaban J connectivity index is 1.65. The molecule has 0 aliphatic carbocycles. The highest BCUT2D eigenvalue weighted by Crippen LogP contribution is 2.40. The van der Waals surface area contributed by atoms with Gasteiger partial charge in [-0.05, 0) is 59.6 Å². The van der Waals surface area contributed by atoms with Crippen molar-refractivity contribution in [2.24, 2.45) is 0 Å². The van der Waals surface area contributed by atoms with E-state index in [1.165, 1.54) is 0 Å². The van der Waals surface area contributed by atoms with E-state index in [1.807, 2.05) is 26.0 Å². The summed E-state index contributed by atoms with van der Waals surface area (Å²) in [6.07, 6.45) is -1.74. The molecule has 2 aromatic carbocycles. The molecule has 38 heavy (non-hydrogen) atoms. The van der Waals surface area contributed by atoms with Crippen LogP contribution in [-0.2, 0) is 18.9 Å². The van der Waals surface area contributed by atoms with Gasteiger partial charge in [0.2, 0.25) is 5.82 Å². The molecule has 3 unspecified atom stereocenters. The molecule has 0 amide bonds. The van der Waals surface area contributed by atoms with Crippen molar-refractivity contribution in [3.63, 3.8) is 0 Å². The first-order valence-corrected chi connectivity index (χ1v) is 13.3. The summed E-state index contributed by atoms with van der Waals surface area (Å²) in [5.74, 6) is 1.77. The summed E-state index contributed by atoms with van der Waals surface area (Å²) in [5.41, 5.74) is 2.68. The number of benzene rings is 2. The van der Waals surface area contributed by atoms with Crippen molar-refractivity contribution in [3.8, 4) is 23.0 Å². The van der Waals surface area contributed by atoms with Crippen molar-refractivity contribution in [2.45, 2.75) is 32.3 Å². The second-order valence-corrected chi connectivity index (χ2v) is 9.37. The Hall–Kier alpha value is -2.70. The Labute approximate surface area is 231 Å². The molecule has 0 radical (unpaired) electrons. The maximum Gasteiger partial charge on any atom is 0.258 e. The van der Waals surface area contributed by atoms with Crippen LogP contribution < -0.4 is 14.4 Å². The smallest absolute Gasteiger partial charge is 0.258 e. The number of rotatable bonds is 12. The van der Waals surface area contributed by atoms with Crippen LogP contribution in [-0.4, -0.2) is 70.7 Å². The average molecular weight is 592 g/mol. The van der Waals surface area contributed by atoms with E-state index in [0.717, 1.165) is 37.6 Å². The third-order valence-corrected chi connectivity index (χ3v) is 7.04. The van der Waals surface area contributed by atoms with Gasteiger partial charge in [-0.15, -0.1) is 0 Å². The van der Waals surface area contributed by atoms with Crippen LogP contribution in [0.2, 0.25) is 0 Å². The predicted octanol–water partition coefficient (Wildman–Crippen LogP) is 5.18. The summed E-state index contributed by atoms with van der Waals surface area (Å²) < 4.78 is 40.6. The van der Waals surface area contributed by atoms with Crippen LogP contribution in [0.3, 0.4) is 0 Å². The first kappa shape index (κ1) is 28.3. The highest BCUT2D eigenvalue weighted by Gasteiger charge is 2.33. The van der Waals surface area contributed by atoms with Crippen LogP contribution in [0.15, 0.2) is 45.4 Å². The molecule has 11 heteroatoms. The highest BCUT2D eigenvalue weighted by atomic mass is 79.9. The molecule has 206 valence electrons. The lowest BCUT2D eigenvalue weighted by Crippen LogP contribution is -2.36. The summed E-state index contributed by atoms with van der Waals surface area (Å²) >= 11 is 3.49. The lowest BCUT2D eigenvalue weighted by Gasteiger charge is -2.30. The van der Waals surface area contributed by atoms with E-state index in [0.29, 0.717) is 39.9 Å². The number of nitrogens with zero attached hydrogens (tertiary/aromatic N) is 3. The number of halogens is 1. The lowest BCUT2D eigenvalue weighted by atomic mass is 10.0. The predicted molar refractivity (Wildman–Crippen MR) is 145 cm³/mol. The van der Waals surface area contributed by atoms with Gasteiger partial charge in [-0.25, -0.2) is 0 Å². The molecular formula is C27H34BrN3O7. The van der Waals surface area contributed by atoms with E-state index in [9.17, 15) is 0 Å². The topological polar surface area (TPSA) is 97.5 Å². The SMILES string of the molecule is CCOC(C)OC(c1noc(-c2cc(OC)c(Br)c(OC)c2)n1)C(OC)c1ccc(N2CCOCC2)cc1. The van der Waals surface area contributed by atoms with Crippen molar-refractivity contribution in [1.82, 2.24) is 10.1 Å². The molecule has 0 N–H and O–H groups in total. The van der Waals surface area contributed by atoms with E-state index >= 15 is 0 Å². The minimum Gasteiger partial charge on any atom is -0.495 e. The Kier molecular flexibility index (Phi) is 9.97. The van der Waals surface area contributed by atoms with Crippen LogP contribution in [0.1, 0.15) is 37.4 Å². The third-order valence-electron chi connectivity index (χ3n) is 6.26. The van der Waals surface area contributed by atoms with Crippen molar-refractivity contribution >= 4 is 21.6 Å². The third kappa shape index (κ3) is 6.47. The molecule has 10 nitrogen and oxygen atoms in total. The second-order valence-electron chi connectivity index (χ2n) is 8.58. The zero-order chi connectivity index (χ0) is 27.1. The molecule has 1 aliphatic rings. The summed E-state index contributed by atoms with van der Waals surface area (Å²) in [7, 11) is 4.79. The van der Waals surface area contributed by atoms with E-state index in [2.05, 4.69) is 43.1 Å². The first-order chi connectivity index (χ1) is 18.5. The van der Waals surface area contributed by atoms with E-state index in [4.69, 9.17) is 32.9 Å². The number of ether oxygens (including phenoxy) is 6. The summed E-state index contributed by atoms with van der Waals surface area (Å²) in [6, 6.07) is 11.8. The lowest BCUT2D eigenvalue weighted by molar-refractivity contribution is -0.191. The minimum atomic E-state index is -0.701. The number of hydrogen-bond donors (Lipinski definition) is 0. The van der Waals surface area contributed by atoms with Crippen LogP contribution in [0.4, 0.5) is 5.69 Å². The van der Waals surface area contributed by atoms with Crippen LogP contribution >= 0.6 is 15.9 Å². The number of hydrogen-bond acceptors (Lipinski definition) is 10. The summed E-state index contributed by atoms with van der Waals surface area (Å²) in [4.78, 5) is 6.97. The van der Waals surface area contributed by atoms with Gasteiger partial charge in [-0.1, -0.05) is 17.3 Å². The van der Waals surface area contributed by atoms with Gasteiger partial charge in [-0.3, -0.25) is 0 Å². The fourth-order valence-corrected chi connectivity index (χ4v) is 4.89. The van der Waals surface area contributed by atoms with Crippen LogP contribution in [0.5, 0.6) is 11.5 Å². The van der Waals surface area contributed by atoms with Crippen LogP contribution in [0.25, 0.3) is 11.5 Å². The van der Waals surface area contributed by atoms with Gasteiger partial charge >= 0.3 is 0 Å². The molecule has 1 fully saturated rings. The van der Waals surface area contributed by atoms with Gasteiger partial charge in [-0.2, -0.15) is 4.98 Å². The summed E-state index contributed by atoms with van der Waals surface area (Å²) in [6.45, 7) is 7.41. The van der Waals surface area contributed by atoms with Gasteiger partial charge < -0.3 is 37.8 Å². The molecule has 3 atom stereocenters. The highest BCUT2D eigenvalue weighted by molar-refractivity contribution is 9.10. The number of methoxy groups -OCH3 is 3. The maximum atomic E-state index is 6.27. The fraction of sp³-hybridized carbons (Fsp3) is 0.481. The number of aromatic nitrogens is 2. The standard InChI is InChI=1S/C27H34BrN3O7/c1-6-36-17(2)37-25(24(34-5)18-7-9-20(10-8-18)31-11-13-35-14-12-31)26-29-27(38-30-26)19-15-21(32-3)23(28)22(16-19)33-4/h7-10,15-17,24-25H,6,11-14H2,1-5H3. The van der Waals surface area contributed by atoms with Crippen molar-refractivity contribution in [1.29, 1.82) is 0 Å². The largest absolute Gasteiger partial charge is 0.495 e. The second kappa shape index (κ2) is 13.4. The number of anilines is 1. The molecule has 1 saturated heterocycles. The molecule has 3 aromatic rings. The molecule has 2 heterocycles. The quantitative estimate of drug-likeness (QED) is 0.262. The van der Waals surface area contributed by atoms with Crippen molar-refractivity contribution in [2.75, 3.05) is 59.1 Å². The summed E-state index contributed by atoms with van der Waals surface area (Å²) in [5, 5.41) is 4.26. The van der Waals surface area contributed by atoms with Gasteiger partial charge in [0, 0.05) is 38.1 Å². The van der Waals surface area contributed by atoms with Crippen molar-refractivity contribution in [3.05, 3.63) is 52.3 Å². The van der Waals surface area contributed by atoms with Gasteiger partial charge in [0.25, 0.3) is 5.89 Å². The molecule has 1 aromatic heterocycles. The molecule has 4 rings (SSSR count). The van der Waals surface area contributed by atoms with Gasteiger partial charge in [0.05, 0.1) is 27.4 Å². The van der Waals surface area contributed by atoms with Crippen LogP contribution in [0, 0.1) is 0 Å². The molecule has 0 bridgehead atoms. The van der Waals surface area contributed by atoms with Crippen molar-refractivity contribution < 1.29 is 32.9 Å². The average Bonchev–Trinajstić information content (AvgIpc) is 3.44.